The number of piperidine rings is 1. The van der Waals surface area contributed by atoms with E-state index in [-0.39, 0.29) is 48.3 Å². The topological polar surface area (TPSA) is 178 Å². The molecule has 13 nitrogen and oxygen atoms in total. The van der Waals surface area contributed by atoms with E-state index < -0.39 is 23.5 Å². The Morgan fingerprint density at radius 2 is 1.43 bits per heavy atom. The Balaban J connectivity index is 1.26. The number of hydrogen-bond donors (Lipinski definition) is 7. The summed E-state index contributed by atoms with van der Waals surface area (Å²) in [6.07, 6.45) is 5.95. The molecule has 0 spiro atoms. The van der Waals surface area contributed by atoms with E-state index >= 15 is 0 Å². The molecule has 0 radical (unpaired) electrons. The molecule has 0 bridgehead atoms. The number of urea groups is 1. The molecule has 7 amide bonds. The van der Waals surface area contributed by atoms with Crippen LogP contribution in [0, 0.1) is 5.41 Å². The fourth-order valence-corrected chi connectivity index (χ4v) is 7.68. The summed E-state index contributed by atoms with van der Waals surface area (Å²) in [7, 11) is 0. The maximum Gasteiger partial charge on any atom is 0.315 e. The monoisotopic (exact) mass is 815 g/mol. The number of rotatable bonds is 22. The van der Waals surface area contributed by atoms with E-state index in [2.05, 4.69) is 44.5 Å². The summed E-state index contributed by atoms with van der Waals surface area (Å²) in [6, 6.07) is 22.0. The van der Waals surface area contributed by atoms with Gasteiger partial charge in [-0.05, 0) is 73.8 Å². The Hall–Kier alpha value is -5.11. The highest BCUT2D eigenvalue weighted by Crippen LogP contribution is 2.35. The zero-order valence-corrected chi connectivity index (χ0v) is 34.8. The Morgan fingerprint density at radius 1 is 0.741 bits per heavy atom. The third-order valence-corrected chi connectivity index (χ3v) is 10.8. The van der Waals surface area contributed by atoms with Gasteiger partial charge < -0.3 is 36.8 Å². The highest BCUT2D eigenvalue weighted by Gasteiger charge is 2.44. The summed E-state index contributed by atoms with van der Waals surface area (Å²) in [5.74, 6) is -0.692. The second-order valence-electron chi connectivity index (χ2n) is 15.1. The van der Waals surface area contributed by atoms with Crippen molar-refractivity contribution in [2.45, 2.75) is 90.1 Å². The number of likely N-dealkylation sites (tertiary alicyclic amines) is 1. The molecule has 3 atom stereocenters. The Morgan fingerprint density at radius 3 is 2.16 bits per heavy atom. The van der Waals surface area contributed by atoms with Gasteiger partial charge in [0, 0.05) is 64.8 Å². The molecule has 3 aromatic rings. The quantitative estimate of drug-likeness (QED) is 0.0595. The smallest absolute Gasteiger partial charge is 0.315 e. The summed E-state index contributed by atoms with van der Waals surface area (Å²) in [6.45, 7) is 5.78. The third-order valence-electron chi connectivity index (χ3n) is 10.4. The average Bonchev–Trinajstić information content (AvgIpc) is 3.22. The molecule has 58 heavy (non-hydrogen) atoms. The lowest BCUT2D eigenvalue weighted by Gasteiger charge is -2.43. The van der Waals surface area contributed by atoms with Gasteiger partial charge in [0.25, 0.3) is 0 Å². The number of nitrogens with zero attached hydrogens (tertiary/aromatic N) is 1. The van der Waals surface area contributed by atoms with E-state index in [0.29, 0.717) is 84.1 Å². The summed E-state index contributed by atoms with van der Waals surface area (Å²) in [5, 5.41) is 19.3. The fourth-order valence-electron chi connectivity index (χ4n) is 7.43. The van der Waals surface area contributed by atoms with Crippen LogP contribution in [0.15, 0.2) is 72.8 Å². The Labute approximate surface area is 348 Å². The van der Waals surface area contributed by atoms with E-state index in [1.807, 2.05) is 79.7 Å². The molecule has 314 valence electrons. The molecule has 0 aromatic heterocycles. The van der Waals surface area contributed by atoms with Crippen LogP contribution < -0.4 is 31.9 Å². The van der Waals surface area contributed by atoms with E-state index in [0.717, 1.165) is 28.3 Å². The largest absolute Gasteiger partial charge is 0.356 e. The van der Waals surface area contributed by atoms with Crippen LogP contribution in [0.3, 0.4) is 0 Å². The van der Waals surface area contributed by atoms with Gasteiger partial charge in [0.05, 0.1) is 5.41 Å². The zero-order valence-electron chi connectivity index (χ0n) is 33.9. The van der Waals surface area contributed by atoms with Gasteiger partial charge >= 0.3 is 6.03 Å². The lowest BCUT2D eigenvalue weighted by molar-refractivity contribution is -0.143. The van der Waals surface area contributed by atoms with Crippen LogP contribution >= 0.6 is 12.6 Å². The molecule has 1 heterocycles. The van der Waals surface area contributed by atoms with Crippen molar-refractivity contribution >= 4 is 59.0 Å². The van der Waals surface area contributed by atoms with Crippen molar-refractivity contribution in [3.05, 3.63) is 83.9 Å². The molecule has 14 heteroatoms. The van der Waals surface area contributed by atoms with Crippen molar-refractivity contribution in [1.29, 1.82) is 0 Å². The molecule has 3 aromatic carbocycles. The SMILES string of the molecule is CCNC(=O)[C@]1(Cc2ccccc2)CCCN(C(=O)C(Cc2ccc3ccccc3c2)NC(=O)NCCCCNC(=O)CCCCCNC(=O)C(CS)NC(C)=O)C1. The lowest BCUT2D eigenvalue weighted by atomic mass is 9.74. The van der Waals surface area contributed by atoms with Crippen molar-refractivity contribution < 1.29 is 28.8 Å². The Bertz CT molecular complexity index is 1830. The number of thiol groups is 1. The Kier molecular flexibility index (Phi) is 18.8. The van der Waals surface area contributed by atoms with Gasteiger partial charge in [-0.1, -0.05) is 79.2 Å². The van der Waals surface area contributed by atoms with Gasteiger partial charge in [-0.15, -0.1) is 0 Å². The lowest BCUT2D eigenvalue weighted by Crippen LogP contribution is -2.59. The predicted molar refractivity (Wildman–Crippen MR) is 230 cm³/mol. The van der Waals surface area contributed by atoms with Crippen LogP contribution in [-0.4, -0.2) is 97.6 Å². The number of carbonyl (C=O) groups is 6. The summed E-state index contributed by atoms with van der Waals surface area (Å²) >= 11 is 4.11. The number of hydrogen-bond acceptors (Lipinski definition) is 7. The first-order valence-corrected chi connectivity index (χ1v) is 21.2. The first-order chi connectivity index (χ1) is 28.0. The highest BCUT2D eigenvalue weighted by molar-refractivity contribution is 7.80. The van der Waals surface area contributed by atoms with Crippen LogP contribution in [0.1, 0.15) is 76.3 Å². The van der Waals surface area contributed by atoms with Gasteiger partial charge in [-0.2, -0.15) is 12.6 Å². The van der Waals surface area contributed by atoms with Crippen LogP contribution in [0.25, 0.3) is 10.8 Å². The average molecular weight is 816 g/mol. The molecular formula is C44H61N7O6S. The van der Waals surface area contributed by atoms with Gasteiger partial charge in [-0.25, -0.2) is 4.79 Å². The van der Waals surface area contributed by atoms with Crippen LogP contribution in [-0.2, 0) is 36.8 Å². The standard InChI is InChI=1S/C44H61N7O6S/c1-3-45-42(56)44(29-33-15-6-4-7-16-33)22-14-26-51(31-44)41(55)37(28-34-20-21-35-17-9-10-18-36(35)27-34)50-43(57)48-25-13-12-23-46-39(53)19-8-5-11-24-47-40(54)38(30-58)49-32(2)52/h4,6-7,9-10,15-18,20-21,27,37-38,58H,3,5,8,11-14,19,22-26,28-31H2,1-2H3,(H,45,56)(H,46,53)(H,47,54)(H,49,52)(H2,48,50,57)/t37?,38?,44-/m0/s1. The number of unbranched alkanes of at least 4 members (excludes halogenated alkanes) is 3. The van der Waals surface area contributed by atoms with Crippen LogP contribution in [0.4, 0.5) is 4.79 Å². The minimum atomic E-state index is -0.854. The minimum Gasteiger partial charge on any atom is -0.356 e. The third kappa shape index (κ3) is 14.7. The van der Waals surface area contributed by atoms with Crippen LogP contribution in [0.2, 0.25) is 0 Å². The van der Waals surface area contributed by atoms with Crippen LogP contribution in [0.5, 0.6) is 0 Å². The zero-order chi connectivity index (χ0) is 41.8. The highest BCUT2D eigenvalue weighted by atomic mass is 32.1. The molecule has 0 aliphatic carbocycles. The van der Waals surface area contributed by atoms with Crippen molar-refractivity contribution in [2.24, 2.45) is 5.41 Å². The molecule has 4 rings (SSSR count). The van der Waals surface area contributed by atoms with E-state index in [1.54, 1.807) is 4.90 Å². The molecule has 6 N–H and O–H groups in total. The molecule has 1 aliphatic rings. The summed E-state index contributed by atoms with van der Waals surface area (Å²) in [4.78, 5) is 78.8. The number of benzene rings is 3. The molecule has 2 unspecified atom stereocenters. The van der Waals surface area contributed by atoms with Crippen molar-refractivity contribution in [2.75, 3.05) is 45.0 Å². The molecular weight excluding hydrogens is 755 g/mol. The van der Waals surface area contributed by atoms with Gasteiger partial charge in [-0.3, -0.25) is 24.0 Å². The maximum atomic E-state index is 14.4. The first kappa shape index (κ1) is 45.6. The number of carbonyl (C=O) groups excluding carboxylic acids is 6. The normalized spacial score (nSPS) is 16.1. The van der Waals surface area contributed by atoms with Gasteiger partial charge in [0.15, 0.2) is 0 Å². The van der Waals surface area contributed by atoms with Crippen molar-refractivity contribution in [3.63, 3.8) is 0 Å². The van der Waals surface area contributed by atoms with E-state index in [4.69, 9.17) is 0 Å². The van der Waals surface area contributed by atoms with Crippen molar-refractivity contribution in [1.82, 2.24) is 36.8 Å². The van der Waals surface area contributed by atoms with E-state index in [1.165, 1.54) is 6.92 Å². The molecule has 1 saturated heterocycles. The molecule has 1 fully saturated rings. The number of amides is 7. The molecule has 0 saturated carbocycles. The fraction of sp³-hybridized carbons (Fsp3) is 0.500. The minimum absolute atomic E-state index is 0.0525. The van der Waals surface area contributed by atoms with Gasteiger partial charge in [0.1, 0.15) is 12.1 Å². The predicted octanol–water partition coefficient (Wildman–Crippen LogP) is 4.05. The van der Waals surface area contributed by atoms with E-state index in [9.17, 15) is 28.8 Å². The maximum absolute atomic E-state index is 14.4. The summed E-state index contributed by atoms with van der Waals surface area (Å²) < 4.78 is 0. The number of nitrogens with one attached hydrogen (secondary N) is 6. The molecule has 1 aliphatic heterocycles. The van der Waals surface area contributed by atoms with Gasteiger partial charge in [0.2, 0.25) is 29.5 Å². The summed E-state index contributed by atoms with van der Waals surface area (Å²) in [5.41, 5.74) is 1.16. The first-order valence-electron chi connectivity index (χ1n) is 20.6. The number of fused-ring (bicyclic) bond motifs is 1. The van der Waals surface area contributed by atoms with Crippen molar-refractivity contribution in [3.8, 4) is 0 Å². The second-order valence-corrected chi connectivity index (χ2v) is 15.5. The second kappa shape index (κ2) is 24.0.